The molecule has 0 unspecified atom stereocenters. The van der Waals surface area contributed by atoms with Crippen molar-refractivity contribution in [2.45, 2.75) is 44.6 Å². The summed E-state index contributed by atoms with van der Waals surface area (Å²) in [5, 5.41) is 17.3. The summed E-state index contributed by atoms with van der Waals surface area (Å²) in [5.74, 6) is -1.36. The minimum absolute atomic E-state index is 0.00488. The van der Waals surface area contributed by atoms with Gasteiger partial charge in [0.2, 0.25) is 0 Å². The van der Waals surface area contributed by atoms with E-state index in [-0.39, 0.29) is 6.54 Å². The highest BCUT2D eigenvalue weighted by Gasteiger charge is 2.26. The first kappa shape index (κ1) is 17.7. The molecule has 0 spiro atoms. The van der Waals surface area contributed by atoms with Crippen LogP contribution in [-0.2, 0) is 15.2 Å². The number of thiophene rings is 1. The fraction of sp³-hybridized carbons (Fsp3) is 0.529. The first-order valence-electron chi connectivity index (χ1n) is 7.99. The van der Waals surface area contributed by atoms with Crippen molar-refractivity contribution in [3.8, 4) is 0 Å². The lowest BCUT2D eigenvalue weighted by molar-refractivity contribution is -0.139. The third-order valence-corrected chi connectivity index (χ3v) is 5.09. The van der Waals surface area contributed by atoms with Gasteiger partial charge in [-0.25, -0.2) is 0 Å². The predicted molar refractivity (Wildman–Crippen MR) is 91.1 cm³/mol. The summed E-state index contributed by atoms with van der Waals surface area (Å²) in [6.07, 6.45) is 7.67. The second-order valence-corrected chi connectivity index (χ2v) is 7.00. The van der Waals surface area contributed by atoms with Gasteiger partial charge in [-0.05, 0) is 50.5 Å². The highest BCUT2D eigenvalue weighted by Crippen LogP contribution is 2.24. The molecule has 1 aliphatic carbocycles. The molecule has 0 saturated carbocycles. The fourth-order valence-electron chi connectivity index (χ4n) is 2.55. The van der Waals surface area contributed by atoms with Crippen LogP contribution in [0.4, 0.5) is 0 Å². The van der Waals surface area contributed by atoms with E-state index in [9.17, 15) is 14.7 Å². The Bertz CT molecular complexity index is 564. The maximum atomic E-state index is 11.8. The van der Waals surface area contributed by atoms with Crippen LogP contribution in [0.15, 0.2) is 29.2 Å². The molecule has 0 aromatic carbocycles. The van der Waals surface area contributed by atoms with E-state index in [2.05, 4.69) is 16.7 Å². The topological polar surface area (TPSA) is 78.4 Å². The molecular formula is C17H24N2O3S. The monoisotopic (exact) mass is 336 g/mol. The number of aliphatic hydroxyl groups is 1. The molecule has 0 saturated heterocycles. The van der Waals surface area contributed by atoms with Gasteiger partial charge in [-0.1, -0.05) is 17.7 Å². The Kier molecular flexibility index (Phi) is 6.36. The lowest BCUT2D eigenvalue weighted by Gasteiger charge is -2.22. The van der Waals surface area contributed by atoms with Gasteiger partial charge in [0.05, 0.1) is 6.54 Å². The van der Waals surface area contributed by atoms with E-state index in [4.69, 9.17) is 0 Å². The lowest BCUT2D eigenvalue weighted by atomic mass is 9.97. The van der Waals surface area contributed by atoms with Crippen molar-refractivity contribution in [2.24, 2.45) is 0 Å². The van der Waals surface area contributed by atoms with Crippen LogP contribution in [0, 0.1) is 0 Å². The minimum atomic E-state index is -1.17. The van der Waals surface area contributed by atoms with Crippen LogP contribution in [0.5, 0.6) is 0 Å². The molecule has 1 heterocycles. The zero-order valence-electron chi connectivity index (χ0n) is 13.4. The number of rotatable bonds is 6. The molecule has 1 aromatic rings. The molecule has 2 amide bonds. The molecule has 23 heavy (non-hydrogen) atoms. The second-order valence-electron chi connectivity index (χ2n) is 6.05. The van der Waals surface area contributed by atoms with Crippen molar-refractivity contribution in [1.82, 2.24) is 10.6 Å². The number of amides is 2. The molecule has 0 radical (unpaired) electrons. The minimum Gasteiger partial charge on any atom is -0.383 e. The molecular weight excluding hydrogens is 312 g/mol. The van der Waals surface area contributed by atoms with Crippen molar-refractivity contribution < 1.29 is 14.7 Å². The Labute approximate surface area is 140 Å². The van der Waals surface area contributed by atoms with Gasteiger partial charge in [0.1, 0.15) is 5.60 Å². The van der Waals surface area contributed by atoms with Gasteiger partial charge in [0, 0.05) is 11.4 Å². The first-order chi connectivity index (χ1) is 11.0. The van der Waals surface area contributed by atoms with Crippen molar-refractivity contribution in [3.63, 3.8) is 0 Å². The molecule has 0 aliphatic heterocycles. The van der Waals surface area contributed by atoms with E-state index in [0.29, 0.717) is 6.54 Å². The third kappa shape index (κ3) is 5.48. The van der Waals surface area contributed by atoms with Gasteiger partial charge in [-0.15, -0.1) is 11.3 Å². The molecule has 1 aliphatic rings. The van der Waals surface area contributed by atoms with Gasteiger partial charge < -0.3 is 15.7 Å². The summed E-state index contributed by atoms with van der Waals surface area (Å²) in [7, 11) is 0. The maximum absolute atomic E-state index is 11.8. The zero-order chi connectivity index (χ0) is 16.7. The Morgan fingerprint density at radius 3 is 2.74 bits per heavy atom. The molecule has 0 bridgehead atoms. The summed E-state index contributed by atoms with van der Waals surface area (Å²) in [5.41, 5.74) is 0.189. The lowest BCUT2D eigenvalue weighted by Crippen LogP contribution is -2.45. The van der Waals surface area contributed by atoms with Crippen LogP contribution in [-0.4, -0.2) is 30.0 Å². The fourth-order valence-corrected chi connectivity index (χ4v) is 3.34. The van der Waals surface area contributed by atoms with Crippen LogP contribution < -0.4 is 10.6 Å². The summed E-state index contributed by atoms with van der Waals surface area (Å²) in [4.78, 5) is 24.3. The number of allylic oxidation sites excluding steroid dienone is 1. The Morgan fingerprint density at radius 1 is 1.30 bits per heavy atom. The van der Waals surface area contributed by atoms with Crippen molar-refractivity contribution in [1.29, 1.82) is 0 Å². The van der Waals surface area contributed by atoms with Crippen LogP contribution in [0.25, 0.3) is 0 Å². The Balaban J connectivity index is 1.70. The highest BCUT2D eigenvalue weighted by atomic mass is 32.1. The van der Waals surface area contributed by atoms with Crippen LogP contribution in [0.2, 0.25) is 0 Å². The highest BCUT2D eigenvalue weighted by molar-refractivity contribution is 7.10. The zero-order valence-corrected chi connectivity index (χ0v) is 14.2. The van der Waals surface area contributed by atoms with Crippen molar-refractivity contribution >= 4 is 23.2 Å². The maximum Gasteiger partial charge on any atom is 0.309 e. The number of nitrogens with one attached hydrogen (secondary N) is 2. The van der Waals surface area contributed by atoms with E-state index in [1.165, 1.54) is 29.8 Å². The first-order valence-corrected chi connectivity index (χ1v) is 8.87. The summed E-state index contributed by atoms with van der Waals surface area (Å²) in [6.45, 7) is 2.09. The largest absolute Gasteiger partial charge is 0.383 e. The summed E-state index contributed by atoms with van der Waals surface area (Å²) in [6, 6.07) is 3.64. The van der Waals surface area contributed by atoms with Gasteiger partial charge in [-0.3, -0.25) is 9.59 Å². The summed E-state index contributed by atoms with van der Waals surface area (Å²) < 4.78 is 0. The SMILES string of the molecule is C[C@@](O)(CNC(=O)C(=O)NCCC1=CCCCC1)c1cccs1. The van der Waals surface area contributed by atoms with Gasteiger partial charge >= 0.3 is 11.8 Å². The molecule has 6 heteroatoms. The Hall–Kier alpha value is -1.66. The molecule has 2 rings (SSSR count). The van der Waals surface area contributed by atoms with Crippen molar-refractivity contribution in [3.05, 3.63) is 34.0 Å². The average Bonchev–Trinajstić information content (AvgIpc) is 3.09. The molecule has 0 fully saturated rings. The molecule has 1 aromatic heterocycles. The van der Waals surface area contributed by atoms with E-state index < -0.39 is 17.4 Å². The average molecular weight is 336 g/mol. The molecule has 1 atom stereocenters. The predicted octanol–water partition coefficient (Wildman–Crippen LogP) is 2.08. The van der Waals surface area contributed by atoms with Crippen molar-refractivity contribution in [2.75, 3.05) is 13.1 Å². The summed E-state index contributed by atoms with van der Waals surface area (Å²) >= 11 is 1.41. The smallest absolute Gasteiger partial charge is 0.309 e. The molecule has 5 nitrogen and oxygen atoms in total. The van der Waals surface area contributed by atoms with E-state index in [0.717, 1.165) is 24.1 Å². The Morgan fingerprint density at radius 2 is 2.09 bits per heavy atom. The number of hydrogen-bond donors (Lipinski definition) is 3. The van der Waals surface area contributed by atoms with E-state index in [1.54, 1.807) is 13.0 Å². The number of hydrogen-bond acceptors (Lipinski definition) is 4. The van der Waals surface area contributed by atoms with Gasteiger partial charge in [-0.2, -0.15) is 0 Å². The number of carbonyl (C=O) groups is 2. The van der Waals surface area contributed by atoms with Crippen LogP contribution in [0.1, 0.15) is 43.9 Å². The van der Waals surface area contributed by atoms with Gasteiger partial charge in [0.25, 0.3) is 0 Å². The van der Waals surface area contributed by atoms with Gasteiger partial charge in [0.15, 0.2) is 0 Å². The second kappa shape index (κ2) is 8.26. The van der Waals surface area contributed by atoms with Crippen LogP contribution >= 0.6 is 11.3 Å². The molecule has 3 N–H and O–H groups in total. The molecule has 126 valence electrons. The van der Waals surface area contributed by atoms with E-state index >= 15 is 0 Å². The van der Waals surface area contributed by atoms with Crippen LogP contribution in [0.3, 0.4) is 0 Å². The van der Waals surface area contributed by atoms with E-state index in [1.807, 2.05) is 11.4 Å². The quantitative estimate of drug-likeness (QED) is 0.550. The normalized spacial score (nSPS) is 17.0. The number of carbonyl (C=O) groups excluding carboxylic acids is 2. The third-order valence-electron chi connectivity index (χ3n) is 3.97. The standard InChI is InChI=1S/C17H24N2O3S/c1-17(22,14-8-5-11-23-14)12-19-16(21)15(20)18-10-9-13-6-3-2-4-7-13/h5-6,8,11,22H,2-4,7,9-10,12H2,1H3,(H,18,20)(H,19,21)/t17-/m1/s1.